The van der Waals surface area contributed by atoms with E-state index in [2.05, 4.69) is 57.8 Å². The SMILES string of the molecule is CC(C)N(CCCNCCN1C(=O)c2cccc3c(N4CCN(C)CC4)ccc(c23)C1=O)CCN1C(=O)c2cccc3c(N4CCN(C)CC4)ccc(c23)C1=O. The Hall–Kier alpha value is -4.88. The van der Waals surface area contributed by atoms with Crippen LogP contribution in [0.15, 0.2) is 60.7 Å². The Morgan fingerprint density at radius 3 is 1.46 bits per heavy atom. The van der Waals surface area contributed by atoms with Gasteiger partial charge in [-0.1, -0.05) is 24.3 Å². The first kappa shape index (κ1) is 38.0. The van der Waals surface area contributed by atoms with Gasteiger partial charge in [-0.15, -0.1) is 0 Å². The fourth-order valence-corrected chi connectivity index (χ4v) is 8.89. The number of anilines is 2. The second-order valence-electron chi connectivity index (χ2n) is 16.1. The molecular weight excluding hydrogens is 705 g/mol. The number of hydrogen-bond donors (Lipinski definition) is 1. The number of nitrogens with one attached hydrogen (secondary N) is 1. The van der Waals surface area contributed by atoms with E-state index < -0.39 is 0 Å². The number of piperazine rings is 2. The van der Waals surface area contributed by atoms with Gasteiger partial charge in [0.15, 0.2) is 0 Å². The van der Waals surface area contributed by atoms with Crippen molar-refractivity contribution in [2.24, 2.45) is 0 Å². The maximum absolute atomic E-state index is 13.8. The summed E-state index contributed by atoms with van der Waals surface area (Å²) in [5.41, 5.74) is 4.52. The van der Waals surface area contributed by atoms with Gasteiger partial charge >= 0.3 is 0 Å². The van der Waals surface area contributed by atoms with Crippen molar-refractivity contribution in [1.82, 2.24) is 29.8 Å². The van der Waals surface area contributed by atoms with Crippen molar-refractivity contribution in [2.75, 3.05) is 116 Å². The van der Waals surface area contributed by atoms with E-state index in [1.165, 1.54) is 9.80 Å². The highest BCUT2D eigenvalue weighted by Gasteiger charge is 2.35. The number of rotatable bonds is 13. The normalized spacial score (nSPS) is 18.2. The molecule has 0 radical (unpaired) electrons. The van der Waals surface area contributed by atoms with Crippen LogP contribution in [0.4, 0.5) is 11.4 Å². The van der Waals surface area contributed by atoms with Gasteiger partial charge in [0.2, 0.25) is 0 Å². The van der Waals surface area contributed by atoms with Gasteiger partial charge in [-0.3, -0.25) is 33.9 Å². The fourth-order valence-electron chi connectivity index (χ4n) is 8.89. The zero-order chi connectivity index (χ0) is 39.1. The van der Waals surface area contributed by atoms with E-state index in [1.807, 2.05) is 60.7 Å². The summed E-state index contributed by atoms with van der Waals surface area (Å²) < 4.78 is 0. The number of imide groups is 2. The van der Waals surface area contributed by atoms with Crippen LogP contribution in [0.3, 0.4) is 0 Å². The fraction of sp³-hybridized carbons (Fsp3) is 0.455. The van der Waals surface area contributed by atoms with Crippen LogP contribution in [-0.2, 0) is 0 Å². The first-order chi connectivity index (χ1) is 27.1. The van der Waals surface area contributed by atoms with Crippen molar-refractivity contribution >= 4 is 56.5 Å². The Balaban J connectivity index is 0.845. The number of carbonyl (C=O) groups excluding carboxylic acids is 4. The minimum Gasteiger partial charge on any atom is -0.368 e. The molecule has 4 aromatic carbocycles. The van der Waals surface area contributed by atoms with Crippen molar-refractivity contribution in [2.45, 2.75) is 26.3 Å². The van der Waals surface area contributed by atoms with Gasteiger partial charge in [0.25, 0.3) is 23.6 Å². The number of carbonyl (C=O) groups is 4. The molecule has 0 aromatic heterocycles. The molecule has 0 spiro atoms. The lowest BCUT2D eigenvalue weighted by Crippen LogP contribution is -2.47. The van der Waals surface area contributed by atoms with E-state index in [0.29, 0.717) is 48.4 Å². The van der Waals surface area contributed by atoms with E-state index in [1.54, 1.807) is 0 Å². The molecule has 0 bridgehead atoms. The zero-order valence-electron chi connectivity index (χ0n) is 33.2. The van der Waals surface area contributed by atoms with Gasteiger partial charge in [0, 0.05) is 140 Å². The lowest BCUT2D eigenvalue weighted by molar-refractivity contribution is 0.0579. The molecule has 4 aliphatic rings. The van der Waals surface area contributed by atoms with Crippen LogP contribution in [0.2, 0.25) is 0 Å². The largest absolute Gasteiger partial charge is 0.368 e. The third kappa shape index (κ3) is 7.04. The quantitative estimate of drug-likeness (QED) is 0.159. The van der Waals surface area contributed by atoms with Crippen LogP contribution in [0.5, 0.6) is 0 Å². The van der Waals surface area contributed by atoms with Gasteiger partial charge in [0.1, 0.15) is 0 Å². The molecule has 0 aliphatic carbocycles. The summed E-state index contributed by atoms with van der Waals surface area (Å²) in [4.78, 5) is 69.5. The smallest absolute Gasteiger partial charge is 0.261 e. The Bertz CT molecular complexity index is 2130. The third-order valence-electron chi connectivity index (χ3n) is 12.3. The summed E-state index contributed by atoms with van der Waals surface area (Å²) in [6, 6.07) is 19.7. The Morgan fingerprint density at radius 1 is 0.554 bits per heavy atom. The highest BCUT2D eigenvalue weighted by Crippen LogP contribution is 2.38. The van der Waals surface area contributed by atoms with Gasteiger partial charge in [-0.25, -0.2) is 0 Å². The van der Waals surface area contributed by atoms with E-state index in [0.717, 1.165) is 98.2 Å². The van der Waals surface area contributed by atoms with Gasteiger partial charge in [-0.05, 0) is 83.9 Å². The minimum atomic E-state index is -0.243. The summed E-state index contributed by atoms with van der Waals surface area (Å²) in [7, 11) is 4.26. The van der Waals surface area contributed by atoms with Crippen LogP contribution >= 0.6 is 0 Å². The zero-order valence-corrected chi connectivity index (χ0v) is 33.2. The first-order valence-corrected chi connectivity index (χ1v) is 20.3. The van der Waals surface area contributed by atoms with E-state index in [4.69, 9.17) is 0 Å². The molecule has 4 amide bonds. The summed E-state index contributed by atoms with van der Waals surface area (Å²) in [6.45, 7) is 14.9. The number of benzene rings is 4. The van der Waals surface area contributed by atoms with Crippen molar-refractivity contribution in [3.8, 4) is 0 Å². The van der Waals surface area contributed by atoms with Crippen LogP contribution < -0.4 is 15.1 Å². The average Bonchev–Trinajstić information content (AvgIpc) is 3.20. The highest BCUT2D eigenvalue weighted by atomic mass is 16.2. The third-order valence-corrected chi connectivity index (χ3v) is 12.3. The van der Waals surface area contributed by atoms with Crippen molar-refractivity contribution in [3.05, 3.63) is 82.9 Å². The van der Waals surface area contributed by atoms with Crippen molar-refractivity contribution in [3.63, 3.8) is 0 Å². The van der Waals surface area contributed by atoms with Crippen LogP contribution in [0, 0.1) is 0 Å². The summed E-state index contributed by atoms with van der Waals surface area (Å²) >= 11 is 0. The molecule has 0 saturated carbocycles. The second kappa shape index (κ2) is 15.9. The molecule has 4 aliphatic heterocycles. The molecule has 12 heteroatoms. The predicted octanol–water partition coefficient (Wildman–Crippen LogP) is 4.08. The number of hydrogen-bond acceptors (Lipinski definition) is 10. The molecule has 12 nitrogen and oxygen atoms in total. The van der Waals surface area contributed by atoms with Crippen molar-refractivity contribution in [1.29, 1.82) is 0 Å². The maximum Gasteiger partial charge on any atom is 0.261 e. The molecule has 4 aromatic rings. The molecule has 4 heterocycles. The van der Waals surface area contributed by atoms with E-state index in [9.17, 15) is 19.2 Å². The van der Waals surface area contributed by atoms with Gasteiger partial charge in [0.05, 0.1) is 0 Å². The van der Waals surface area contributed by atoms with Crippen LogP contribution in [0.1, 0.15) is 61.7 Å². The Kier molecular flexibility index (Phi) is 10.8. The predicted molar refractivity (Wildman–Crippen MR) is 222 cm³/mol. The Morgan fingerprint density at radius 2 is 1.00 bits per heavy atom. The summed E-state index contributed by atoms with van der Waals surface area (Å²) in [6.07, 6.45) is 0.830. The molecular formula is C44H54N8O4. The molecule has 294 valence electrons. The van der Waals surface area contributed by atoms with E-state index in [-0.39, 0.29) is 36.2 Å². The van der Waals surface area contributed by atoms with Crippen LogP contribution in [0.25, 0.3) is 21.5 Å². The van der Waals surface area contributed by atoms with Crippen LogP contribution in [-0.4, -0.2) is 160 Å². The number of likely N-dealkylation sites (N-methyl/N-ethyl adjacent to an activating group) is 2. The highest BCUT2D eigenvalue weighted by molar-refractivity contribution is 6.28. The monoisotopic (exact) mass is 758 g/mol. The Labute approximate surface area is 329 Å². The lowest BCUT2D eigenvalue weighted by Gasteiger charge is -2.36. The molecule has 56 heavy (non-hydrogen) atoms. The second-order valence-corrected chi connectivity index (χ2v) is 16.1. The number of amides is 4. The number of nitrogens with zero attached hydrogens (tertiary/aromatic N) is 7. The molecule has 2 saturated heterocycles. The average molecular weight is 759 g/mol. The molecule has 1 N–H and O–H groups in total. The van der Waals surface area contributed by atoms with E-state index >= 15 is 0 Å². The molecule has 2 fully saturated rings. The minimum absolute atomic E-state index is 0.218. The topological polar surface area (TPSA) is 103 Å². The molecule has 0 atom stereocenters. The maximum atomic E-state index is 13.8. The summed E-state index contributed by atoms with van der Waals surface area (Å²) in [5.74, 6) is -0.949. The van der Waals surface area contributed by atoms with Gasteiger partial charge in [-0.2, -0.15) is 0 Å². The van der Waals surface area contributed by atoms with Gasteiger partial charge < -0.3 is 24.9 Å². The first-order valence-electron chi connectivity index (χ1n) is 20.3. The lowest BCUT2D eigenvalue weighted by atomic mass is 9.92. The summed E-state index contributed by atoms with van der Waals surface area (Å²) in [5, 5.41) is 6.90. The van der Waals surface area contributed by atoms with Crippen molar-refractivity contribution < 1.29 is 19.2 Å². The standard InChI is InChI=1S/C44H54N8O4/c1-30(2)48(28-29-52-42(54)34-11-6-9-32-38(50-26-22-47(4)23-27-50)15-13-36(40(32)34)44(52)56)18-7-16-45-17-19-51-41(53)33-10-5-8-31-37(49-24-20-46(3)21-25-49)14-12-35(39(31)33)43(51)55/h5-6,8-15,30,45H,7,16-29H2,1-4H3. The molecule has 8 rings (SSSR count). The molecule has 0 unspecified atom stereocenters.